The summed E-state index contributed by atoms with van der Waals surface area (Å²) in [5.41, 5.74) is 1.91. The monoisotopic (exact) mass is 491 g/mol. The van der Waals surface area contributed by atoms with Crippen LogP contribution in [0, 0.1) is 0 Å². The number of ether oxygens (including phenoxy) is 2. The van der Waals surface area contributed by atoms with Crippen LogP contribution in [0.1, 0.15) is 35.4 Å². The molecular formula is C25H25N5O6. The Hall–Kier alpha value is -4.67. The fraction of sp³-hybridized carbons (Fsp3) is 0.240. The molecule has 4 rings (SSSR count). The van der Waals surface area contributed by atoms with E-state index in [-0.39, 0.29) is 43.1 Å². The molecule has 1 atom stereocenters. The Kier molecular flexibility index (Phi) is 7.59. The first-order valence-electron chi connectivity index (χ1n) is 11.4. The second-order valence-corrected chi connectivity index (χ2v) is 7.84. The summed E-state index contributed by atoms with van der Waals surface area (Å²) in [6, 6.07) is 14.8. The third-order valence-electron chi connectivity index (χ3n) is 5.46. The van der Waals surface area contributed by atoms with Crippen LogP contribution >= 0.6 is 0 Å². The largest absolute Gasteiger partial charge is 0.463 e. The highest BCUT2D eigenvalue weighted by molar-refractivity contribution is 6.04. The SMILES string of the molecule is CCOC(=O)C1=C(COC(=O)CCNC(=O)c2n[nH]c3ccccc23)NC(=O)NC1c1ccccc1. The predicted octanol–water partition coefficient (Wildman–Crippen LogP) is 2.10. The van der Waals surface area contributed by atoms with Crippen LogP contribution in [0.2, 0.25) is 0 Å². The summed E-state index contributed by atoms with van der Waals surface area (Å²) in [5, 5.41) is 15.4. The van der Waals surface area contributed by atoms with Crippen LogP contribution in [0.25, 0.3) is 10.9 Å². The molecule has 186 valence electrons. The van der Waals surface area contributed by atoms with Crippen molar-refractivity contribution < 1.29 is 28.7 Å². The number of aromatic amines is 1. The molecule has 2 heterocycles. The second kappa shape index (κ2) is 11.2. The molecule has 0 aliphatic carbocycles. The molecule has 0 fully saturated rings. The number of aromatic nitrogens is 2. The van der Waals surface area contributed by atoms with Gasteiger partial charge in [0.15, 0.2) is 5.69 Å². The summed E-state index contributed by atoms with van der Waals surface area (Å²) < 4.78 is 10.5. The third-order valence-corrected chi connectivity index (χ3v) is 5.46. The van der Waals surface area contributed by atoms with Crippen molar-refractivity contribution in [1.82, 2.24) is 26.1 Å². The summed E-state index contributed by atoms with van der Waals surface area (Å²) in [6.45, 7) is 1.48. The Bertz CT molecular complexity index is 1320. The molecule has 3 aromatic rings. The van der Waals surface area contributed by atoms with Gasteiger partial charge in [0.1, 0.15) is 6.61 Å². The molecule has 0 saturated carbocycles. The molecule has 1 aliphatic heterocycles. The van der Waals surface area contributed by atoms with Gasteiger partial charge >= 0.3 is 18.0 Å². The van der Waals surface area contributed by atoms with E-state index in [4.69, 9.17) is 9.47 Å². The molecule has 4 N–H and O–H groups in total. The van der Waals surface area contributed by atoms with Gasteiger partial charge in [-0.2, -0.15) is 5.10 Å². The topological polar surface area (TPSA) is 152 Å². The van der Waals surface area contributed by atoms with Crippen molar-refractivity contribution in [3.8, 4) is 0 Å². The van der Waals surface area contributed by atoms with E-state index in [0.717, 1.165) is 5.52 Å². The fourth-order valence-electron chi connectivity index (χ4n) is 3.80. The molecule has 11 heteroatoms. The van der Waals surface area contributed by atoms with Gasteiger partial charge in [0.05, 0.1) is 35.9 Å². The van der Waals surface area contributed by atoms with Gasteiger partial charge in [-0.1, -0.05) is 48.5 Å². The van der Waals surface area contributed by atoms with Crippen molar-refractivity contribution in [3.63, 3.8) is 0 Å². The number of amides is 3. The second-order valence-electron chi connectivity index (χ2n) is 7.84. The lowest BCUT2D eigenvalue weighted by Crippen LogP contribution is -2.47. The summed E-state index contributed by atoms with van der Waals surface area (Å²) >= 11 is 0. The lowest BCUT2D eigenvalue weighted by molar-refractivity contribution is -0.143. The number of benzene rings is 2. The number of nitrogens with zero attached hydrogens (tertiary/aromatic N) is 1. The van der Waals surface area contributed by atoms with E-state index in [9.17, 15) is 19.2 Å². The highest BCUT2D eigenvalue weighted by Gasteiger charge is 2.34. The molecule has 0 radical (unpaired) electrons. The fourth-order valence-corrected chi connectivity index (χ4v) is 3.80. The molecule has 0 saturated heterocycles. The van der Waals surface area contributed by atoms with Crippen LogP contribution < -0.4 is 16.0 Å². The van der Waals surface area contributed by atoms with Crippen LogP contribution in [0.15, 0.2) is 65.9 Å². The van der Waals surface area contributed by atoms with E-state index in [1.807, 2.05) is 12.1 Å². The molecule has 2 aromatic carbocycles. The van der Waals surface area contributed by atoms with Gasteiger partial charge in [0.2, 0.25) is 0 Å². The van der Waals surface area contributed by atoms with E-state index in [0.29, 0.717) is 10.9 Å². The minimum Gasteiger partial charge on any atom is -0.463 e. The van der Waals surface area contributed by atoms with Gasteiger partial charge < -0.3 is 25.4 Å². The van der Waals surface area contributed by atoms with E-state index in [2.05, 4.69) is 26.1 Å². The van der Waals surface area contributed by atoms with Crippen LogP contribution in [0.5, 0.6) is 0 Å². The van der Waals surface area contributed by atoms with E-state index in [1.165, 1.54) is 0 Å². The Morgan fingerprint density at radius 2 is 1.78 bits per heavy atom. The standard InChI is InChI=1S/C25H25N5O6/c1-2-35-24(33)20-18(27-25(34)28-21(20)15-8-4-3-5-9-15)14-36-19(31)12-13-26-23(32)22-16-10-6-7-11-17(16)29-30-22/h3-11,21H,2,12-14H2,1H3,(H,26,32)(H,29,30)(H2,27,28,34). The normalized spacial score (nSPS) is 15.1. The van der Waals surface area contributed by atoms with Crippen molar-refractivity contribution in [2.75, 3.05) is 19.8 Å². The molecule has 0 bridgehead atoms. The average molecular weight is 492 g/mol. The van der Waals surface area contributed by atoms with Crippen molar-refractivity contribution in [2.24, 2.45) is 0 Å². The maximum absolute atomic E-state index is 12.7. The van der Waals surface area contributed by atoms with Gasteiger partial charge in [-0.15, -0.1) is 0 Å². The van der Waals surface area contributed by atoms with Gasteiger partial charge in [-0.05, 0) is 18.6 Å². The number of fused-ring (bicyclic) bond motifs is 1. The number of H-pyrrole nitrogens is 1. The first-order valence-corrected chi connectivity index (χ1v) is 11.4. The van der Waals surface area contributed by atoms with Crippen molar-refractivity contribution >= 4 is 34.8 Å². The smallest absolute Gasteiger partial charge is 0.338 e. The number of hydrogen-bond acceptors (Lipinski definition) is 7. The molecule has 3 amide bonds. The molecule has 1 aromatic heterocycles. The lowest BCUT2D eigenvalue weighted by atomic mass is 9.95. The molecular weight excluding hydrogens is 466 g/mol. The van der Waals surface area contributed by atoms with Crippen LogP contribution in [0.4, 0.5) is 4.79 Å². The van der Waals surface area contributed by atoms with E-state index >= 15 is 0 Å². The zero-order valence-corrected chi connectivity index (χ0v) is 19.5. The van der Waals surface area contributed by atoms with E-state index in [1.54, 1.807) is 49.4 Å². The number of hydrogen-bond donors (Lipinski definition) is 4. The summed E-state index contributed by atoms with van der Waals surface area (Å²) in [6.07, 6.45) is -0.121. The lowest BCUT2D eigenvalue weighted by Gasteiger charge is -2.29. The number of rotatable bonds is 9. The van der Waals surface area contributed by atoms with Crippen LogP contribution in [-0.4, -0.2) is 53.8 Å². The van der Waals surface area contributed by atoms with Crippen molar-refractivity contribution in [1.29, 1.82) is 0 Å². The maximum Gasteiger partial charge on any atom is 0.338 e. The molecule has 1 unspecified atom stereocenters. The van der Waals surface area contributed by atoms with Gasteiger partial charge in [0.25, 0.3) is 5.91 Å². The van der Waals surface area contributed by atoms with E-state index < -0.39 is 29.9 Å². The van der Waals surface area contributed by atoms with Crippen LogP contribution in [0.3, 0.4) is 0 Å². The molecule has 0 spiro atoms. The Morgan fingerprint density at radius 3 is 2.56 bits per heavy atom. The minimum atomic E-state index is -0.768. The summed E-state index contributed by atoms with van der Waals surface area (Å²) in [4.78, 5) is 49.8. The van der Waals surface area contributed by atoms with Crippen LogP contribution in [-0.2, 0) is 19.1 Å². The van der Waals surface area contributed by atoms with Gasteiger partial charge in [0, 0.05) is 11.9 Å². The van der Waals surface area contributed by atoms with Crippen molar-refractivity contribution in [3.05, 3.63) is 77.1 Å². The summed E-state index contributed by atoms with van der Waals surface area (Å²) in [7, 11) is 0. The average Bonchev–Trinajstić information content (AvgIpc) is 3.32. The Balaban J connectivity index is 1.39. The number of urea groups is 1. The third kappa shape index (κ3) is 5.52. The first-order chi connectivity index (χ1) is 17.5. The zero-order chi connectivity index (χ0) is 25.5. The highest BCUT2D eigenvalue weighted by Crippen LogP contribution is 2.27. The van der Waals surface area contributed by atoms with Gasteiger partial charge in [-0.25, -0.2) is 9.59 Å². The number of carbonyl (C=O) groups excluding carboxylic acids is 4. The number of carbonyl (C=O) groups is 4. The zero-order valence-electron chi connectivity index (χ0n) is 19.5. The maximum atomic E-state index is 12.7. The first kappa shape index (κ1) is 24.5. The highest BCUT2D eigenvalue weighted by atomic mass is 16.5. The van der Waals surface area contributed by atoms with Gasteiger partial charge in [-0.3, -0.25) is 14.7 Å². The number of nitrogens with one attached hydrogen (secondary N) is 4. The van der Waals surface area contributed by atoms with Crippen molar-refractivity contribution in [2.45, 2.75) is 19.4 Å². The minimum absolute atomic E-state index is 0.0171. The molecule has 36 heavy (non-hydrogen) atoms. The number of para-hydroxylation sites is 1. The molecule has 1 aliphatic rings. The Morgan fingerprint density at radius 1 is 1.03 bits per heavy atom. The summed E-state index contributed by atoms with van der Waals surface area (Å²) in [5.74, 6) is -1.69. The quantitative estimate of drug-likeness (QED) is 0.335. The Labute approximate surface area is 206 Å². The predicted molar refractivity (Wildman–Crippen MR) is 129 cm³/mol. The number of esters is 2. The molecule has 11 nitrogen and oxygen atoms in total.